The normalized spacial score (nSPS) is 36.4. The molecular formula is C14H24N2O4S. The zero-order valence-corrected chi connectivity index (χ0v) is 13.3. The first-order chi connectivity index (χ1) is 10.0. The molecule has 0 spiro atoms. The van der Waals surface area contributed by atoms with Crippen molar-refractivity contribution in [3.8, 4) is 0 Å². The summed E-state index contributed by atoms with van der Waals surface area (Å²) < 4.78 is 31.9. The van der Waals surface area contributed by atoms with E-state index in [4.69, 9.17) is 4.74 Å². The minimum absolute atomic E-state index is 0.0530. The van der Waals surface area contributed by atoms with Crippen LogP contribution in [0.3, 0.4) is 0 Å². The van der Waals surface area contributed by atoms with Gasteiger partial charge in [-0.05, 0) is 31.6 Å². The Kier molecular flexibility index (Phi) is 4.25. The summed E-state index contributed by atoms with van der Waals surface area (Å²) in [6.45, 7) is 4.91. The molecule has 0 aromatic heterocycles. The second-order valence-electron chi connectivity index (χ2n) is 6.20. The largest absolute Gasteiger partial charge is 0.368 e. The molecule has 1 amide bonds. The number of sulfonamides is 1. The summed E-state index contributed by atoms with van der Waals surface area (Å²) in [4.78, 5) is 14.2. The van der Waals surface area contributed by atoms with Crippen molar-refractivity contribution in [1.82, 2.24) is 9.21 Å². The Morgan fingerprint density at radius 1 is 1.24 bits per heavy atom. The lowest BCUT2D eigenvalue weighted by molar-refractivity contribution is -0.140. The molecule has 21 heavy (non-hydrogen) atoms. The van der Waals surface area contributed by atoms with E-state index in [2.05, 4.69) is 0 Å². The van der Waals surface area contributed by atoms with E-state index in [9.17, 15) is 13.2 Å². The molecule has 0 saturated carbocycles. The van der Waals surface area contributed by atoms with Gasteiger partial charge in [-0.2, -0.15) is 0 Å². The number of hydrogen-bond acceptors (Lipinski definition) is 4. The summed E-state index contributed by atoms with van der Waals surface area (Å²) in [5, 5.41) is -0.306. The maximum Gasteiger partial charge on any atom is 0.251 e. The van der Waals surface area contributed by atoms with Gasteiger partial charge in [0, 0.05) is 32.8 Å². The third kappa shape index (κ3) is 2.71. The maximum atomic E-state index is 12.4. The Hall–Kier alpha value is -0.660. The summed E-state index contributed by atoms with van der Waals surface area (Å²) in [7, 11) is -3.17. The predicted molar refractivity (Wildman–Crippen MR) is 78.2 cm³/mol. The van der Waals surface area contributed by atoms with Crippen molar-refractivity contribution in [3.05, 3.63) is 0 Å². The van der Waals surface area contributed by atoms with Crippen LogP contribution in [0, 0.1) is 5.92 Å². The zero-order chi connectivity index (χ0) is 15.0. The van der Waals surface area contributed by atoms with Gasteiger partial charge in [0.2, 0.25) is 10.0 Å². The number of carbonyl (C=O) groups is 1. The molecule has 6 nitrogen and oxygen atoms in total. The SMILES string of the molecule is CCN1C[C@@H]2CCN(C(=O)C3CCCO3)CC[C@@H]2S1(=O)=O. The second-order valence-corrected chi connectivity index (χ2v) is 8.35. The van der Waals surface area contributed by atoms with Crippen LogP contribution in [0.2, 0.25) is 0 Å². The fourth-order valence-corrected chi connectivity index (χ4v) is 6.06. The molecule has 3 heterocycles. The van der Waals surface area contributed by atoms with Crippen LogP contribution < -0.4 is 0 Å². The van der Waals surface area contributed by atoms with E-state index in [-0.39, 0.29) is 23.2 Å². The van der Waals surface area contributed by atoms with Gasteiger partial charge in [-0.15, -0.1) is 0 Å². The third-order valence-corrected chi connectivity index (χ3v) is 7.54. The minimum atomic E-state index is -3.17. The number of ether oxygens (including phenoxy) is 1. The van der Waals surface area contributed by atoms with E-state index < -0.39 is 10.0 Å². The standard InChI is InChI=1S/C14H24N2O4S/c1-2-16-10-11-5-7-15(8-6-13(11)21(16,18)19)14(17)12-4-3-9-20-12/h11-13H,2-10H2,1H3/t11-,12?,13-/m0/s1. The lowest BCUT2D eigenvalue weighted by Crippen LogP contribution is -2.40. The highest BCUT2D eigenvalue weighted by atomic mass is 32.2. The topological polar surface area (TPSA) is 66.9 Å². The quantitative estimate of drug-likeness (QED) is 0.741. The first kappa shape index (κ1) is 15.2. The molecule has 3 rings (SSSR count). The molecule has 7 heteroatoms. The fourth-order valence-electron chi connectivity index (χ4n) is 3.80. The lowest BCUT2D eigenvalue weighted by Gasteiger charge is -2.24. The van der Waals surface area contributed by atoms with E-state index in [0.29, 0.717) is 39.2 Å². The molecule has 3 atom stereocenters. The molecule has 120 valence electrons. The van der Waals surface area contributed by atoms with Gasteiger partial charge in [0.25, 0.3) is 5.91 Å². The van der Waals surface area contributed by atoms with Crippen LogP contribution in [0.5, 0.6) is 0 Å². The predicted octanol–water partition coefficient (Wildman–Crippen LogP) is 0.438. The summed E-state index contributed by atoms with van der Waals surface area (Å²) in [5.74, 6) is 0.217. The number of rotatable bonds is 2. The molecule has 0 bridgehead atoms. The molecule has 3 fully saturated rings. The van der Waals surface area contributed by atoms with E-state index in [1.54, 1.807) is 4.31 Å². The molecule has 3 saturated heterocycles. The van der Waals surface area contributed by atoms with Gasteiger partial charge in [-0.25, -0.2) is 12.7 Å². The third-order valence-electron chi connectivity index (χ3n) is 5.03. The molecule has 0 N–H and O–H groups in total. The summed E-state index contributed by atoms with van der Waals surface area (Å²) >= 11 is 0. The van der Waals surface area contributed by atoms with Gasteiger partial charge in [0.15, 0.2) is 0 Å². The Morgan fingerprint density at radius 2 is 2.00 bits per heavy atom. The first-order valence-corrected chi connectivity index (χ1v) is 9.43. The van der Waals surface area contributed by atoms with Gasteiger partial charge in [0.05, 0.1) is 5.25 Å². The summed E-state index contributed by atoms with van der Waals surface area (Å²) in [6.07, 6.45) is 2.77. The van der Waals surface area contributed by atoms with E-state index in [0.717, 1.165) is 19.3 Å². The fraction of sp³-hybridized carbons (Fsp3) is 0.929. The van der Waals surface area contributed by atoms with Crippen molar-refractivity contribution >= 4 is 15.9 Å². The van der Waals surface area contributed by atoms with Gasteiger partial charge >= 0.3 is 0 Å². The monoisotopic (exact) mass is 316 g/mol. The smallest absolute Gasteiger partial charge is 0.251 e. The van der Waals surface area contributed by atoms with E-state index in [1.807, 2.05) is 11.8 Å². The highest BCUT2D eigenvalue weighted by molar-refractivity contribution is 7.90. The Morgan fingerprint density at radius 3 is 2.67 bits per heavy atom. The summed E-state index contributed by atoms with van der Waals surface area (Å²) in [5.41, 5.74) is 0. The number of nitrogens with zero attached hydrogens (tertiary/aromatic N) is 2. The molecule has 0 aliphatic carbocycles. The maximum absolute atomic E-state index is 12.4. The van der Waals surface area contributed by atoms with Crippen molar-refractivity contribution in [1.29, 1.82) is 0 Å². The average Bonchev–Trinajstić information content (AvgIpc) is 2.99. The number of fused-ring (bicyclic) bond motifs is 1. The van der Waals surface area contributed by atoms with Gasteiger partial charge in [0.1, 0.15) is 6.10 Å². The van der Waals surface area contributed by atoms with Crippen molar-refractivity contribution in [2.24, 2.45) is 5.92 Å². The van der Waals surface area contributed by atoms with Crippen LogP contribution in [-0.2, 0) is 19.6 Å². The van der Waals surface area contributed by atoms with Crippen LogP contribution in [-0.4, -0.2) is 67.7 Å². The van der Waals surface area contributed by atoms with Crippen molar-refractivity contribution in [2.75, 3.05) is 32.8 Å². The van der Waals surface area contributed by atoms with Gasteiger partial charge < -0.3 is 9.64 Å². The van der Waals surface area contributed by atoms with Crippen LogP contribution >= 0.6 is 0 Å². The Balaban J connectivity index is 1.68. The van der Waals surface area contributed by atoms with Crippen molar-refractivity contribution in [2.45, 2.75) is 44.0 Å². The molecule has 3 aliphatic heterocycles. The summed E-state index contributed by atoms with van der Waals surface area (Å²) in [6, 6.07) is 0. The average molecular weight is 316 g/mol. The Labute approximate surface area is 126 Å². The lowest BCUT2D eigenvalue weighted by atomic mass is 10.0. The number of likely N-dealkylation sites (tertiary alicyclic amines) is 1. The second kappa shape index (κ2) is 5.85. The molecule has 0 aromatic rings. The van der Waals surface area contributed by atoms with Crippen LogP contribution in [0.15, 0.2) is 0 Å². The molecule has 3 aliphatic rings. The van der Waals surface area contributed by atoms with E-state index >= 15 is 0 Å². The first-order valence-electron chi connectivity index (χ1n) is 7.93. The highest BCUT2D eigenvalue weighted by Crippen LogP contribution is 2.34. The molecule has 0 radical (unpaired) electrons. The van der Waals surface area contributed by atoms with Crippen molar-refractivity contribution in [3.63, 3.8) is 0 Å². The van der Waals surface area contributed by atoms with Crippen LogP contribution in [0.4, 0.5) is 0 Å². The molecular weight excluding hydrogens is 292 g/mol. The number of carbonyl (C=O) groups excluding carboxylic acids is 1. The zero-order valence-electron chi connectivity index (χ0n) is 12.5. The minimum Gasteiger partial charge on any atom is -0.368 e. The number of hydrogen-bond donors (Lipinski definition) is 0. The van der Waals surface area contributed by atoms with Gasteiger partial charge in [-0.1, -0.05) is 6.92 Å². The molecule has 1 unspecified atom stereocenters. The van der Waals surface area contributed by atoms with Crippen molar-refractivity contribution < 1.29 is 17.9 Å². The highest BCUT2D eigenvalue weighted by Gasteiger charge is 2.46. The van der Waals surface area contributed by atoms with E-state index in [1.165, 1.54) is 0 Å². The number of amides is 1. The Bertz CT molecular complexity index is 501. The van der Waals surface area contributed by atoms with Crippen LogP contribution in [0.1, 0.15) is 32.6 Å². The van der Waals surface area contributed by atoms with Gasteiger partial charge in [-0.3, -0.25) is 4.79 Å². The van der Waals surface area contributed by atoms with Crippen LogP contribution in [0.25, 0.3) is 0 Å². The molecule has 0 aromatic carbocycles.